The van der Waals surface area contributed by atoms with E-state index in [0.29, 0.717) is 5.56 Å². The highest BCUT2D eigenvalue weighted by molar-refractivity contribution is 5.76. The summed E-state index contributed by atoms with van der Waals surface area (Å²) in [5.74, 6) is -1.44. The second-order valence-corrected chi connectivity index (χ2v) is 3.65. The lowest BCUT2D eigenvalue weighted by Crippen LogP contribution is -2.39. The molecule has 1 unspecified atom stereocenters. The standard InChI is InChI=1S/C12H13F3O3/c1-8(9-6-4-3-5-7-9)18-11(16)10(17-2)12(13,14)15/h3-8,10H,1-2H3/t8-,10?/m1/s1. The number of carbonyl (C=O) groups is 1. The highest BCUT2D eigenvalue weighted by Crippen LogP contribution is 2.26. The van der Waals surface area contributed by atoms with Crippen LogP contribution in [0.5, 0.6) is 0 Å². The van der Waals surface area contributed by atoms with E-state index in [0.717, 1.165) is 7.11 Å². The minimum Gasteiger partial charge on any atom is -0.456 e. The van der Waals surface area contributed by atoms with Gasteiger partial charge in [0.25, 0.3) is 6.10 Å². The van der Waals surface area contributed by atoms with E-state index in [-0.39, 0.29) is 0 Å². The maximum absolute atomic E-state index is 12.4. The van der Waals surface area contributed by atoms with Crippen molar-refractivity contribution in [2.75, 3.05) is 7.11 Å². The molecule has 100 valence electrons. The zero-order valence-electron chi connectivity index (χ0n) is 9.90. The van der Waals surface area contributed by atoms with Crippen LogP contribution in [-0.4, -0.2) is 25.4 Å². The van der Waals surface area contributed by atoms with Crippen molar-refractivity contribution in [2.24, 2.45) is 0 Å². The number of hydrogen-bond acceptors (Lipinski definition) is 3. The van der Waals surface area contributed by atoms with E-state index in [1.54, 1.807) is 30.3 Å². The molecule has 3 nitrogen and oxygen atoms in total. The van der Waals surface area contributed by atoms with Gasteiger partial charge in [-0.05, 0) is 12.5 Å². The summed E-state index contributed by atoms with van der Waals surface area (Å²) in [5, 5.41) is 0. The molecule has 0 saturated carbocycles. The Morgan fingerprint density at radius 2 is 1.78 bits per heavy atom. The first-order chi connectivity index (χ1) is 8.36. The Hall–Kier alpha value is -1.56. The van der Waals surface area contributed by atoms with Crippen LogP contribution in [0.1, 0.15) is 18.6 Å². The second-order valence-electron chi connectivity index (χ2n) is 3.65. The smallest absolute Gasteiger partial charge is 0.425 e. The Morgan fingerprint density at radius 3 is 2.22 bits per heavy atom. The molecule has 0 amide bonds. The predicted octanol–water partition coefficient (Wildman–Crippen LogP) is 2.87. The van der Waals surface area contributed by atoms with Gasteiger partial charge in [0.05, 0.1) is 0 Å². The van der Waals surface area contributed by atoms with Crippen molar-refractivity contribution < 1.29 is 27.4 Å². The Balaban J connectivity index is 2.70. The number of methoxy groups -OCH3 is 1. The van der Waals surface area contributed by atoms with Crippen LogP contribution in [0.25, 0.3) is 0 Å². The number of ether oxygens (including phenoxy) is 2. The lowest BCUT2D eigenvalue weighted by atomic mass is 10.1. The number of hydrogen-bond donors (Lipinski definition) is 0. The van der Waals surface area contributed by atoms with E-state index in [4.69, 9.17) is 4.74 Å². The third-order valence-corrected chi connectivity index (χ3v) is 2.31. The summed E-state index contributed by atoms with van der Waals surface area (Å²) in [7, 11) is 0.812. The Morgan fingerprint density at radius 1 is 1.22 bits per heavy atom. The molecule has 1 aromatic carbocycles. The molecule has 1 aromatic rings. The lowest BCUT2D eigenvalue weighted by Gasteiger charge is -2.20. The van der Waals surface area contributed by atoms with Crippen LogP contribution >= 0.6 is 0 Å². The Labute approximate surface area is 103 Å². The fourth-order valence-corrected chi connectivity index (χ4v) is 1.39. The topological polar surface area (TPSA) is 35.5 Å². The van der Waals surface area contributed by atoms with Gasteiger partial charge in [0.15, 0.2) is 0 Å². The maximum Gasteiger partial charge on any atom is 0.425 e. The molecule has 0 saturated heterocycles. The molecule has 1 rings (SSSR count). The molecule has 2 atom stereocenters. The molecule has 0 heterocycles. The monoisotopic (exact) mass is 262 g/mol. The molecule has 0 N–H and O–H groups in total. The van der Waals surface area contributed by atoms with Gasteiger partial charge in [-0.1, -0.05) is 30.3 Å². The maximum atomic E-state index is 12.4. The molecule has 6 heteroatoms. The zero-order chi connectivity index (χ0) is 13.8. The van der Waals surface area contributed by atoms with Crippen molar-refractivity contribution >= 4 is 5.97 Å². The van der Waals surface area contributed by atoms with E-state index >= 15 is 0 Å². The molecule has 0 radical (unpaired) electrons. The molecule has 0 fully saturated rings. The lowest BCUT2D eigenvalue weighted by molar-refractivity contribution is -0.226. The number of halogens is 3. The van der Waals surface area contributed by atoms with Crippen molar-refractivity contribution in [1.29, 1.82) is 0 Å². The van der Waals surface area contributed by atoms with Crippen molar-refractivity contribution in [3.05, 3.63) is 35.9 Å². The number of alkyl halides is 3. The van der Waals surface area contributed by atoms with Gasteiger partial charge in [0.2, 0.25) is 0 Å². The van der Waals surface area contributed by atoms with Crippen molar-refractivity contribution in [3.8, 4) is 0 Å². The molecular formula is C12H13F3O3. The van der Waals surface area contributed by atoms with E-state index < -0.39 is 24.4 Å². The molecule has 0 aliphatic rings. The Kier molecular flexibility index (Phi) is 4.72. The van der Waals surface area contributed by atoms with Gasteiger partial charge in [-0.2, -0.15) is 13.2 Å². The van der Waals surface area contributed by atoms with E-state index in [1.807, 2.05) is 0 Å². The number of esters is 1. The average Bonchev–Trinajstić information content (AvgIpc) is 2.29. The zero-order valence-corrected chi connectivity index (χ0v) is 9.90. The predicted molar refractivity (Wildman–Crippen MR) is 57.8 cm³/mol. The largest absolute Gasteiger partial charge is 0.456 e. The van der Waals surface area contributed by atoms with Crippen LogP contribution in [0, 0.1) is 0 Å². The van der Waals surface area contributed by atoms with Gasteiger partial charge in [-0.25, -0.2) is 4.79 Å². The molecule has 0 spiro atoms. The SMILES string of the molecule is COC(C(=O)O[C@H](C)c1ccccc1)C(F)(F)F. The summed E-state index contributed by atoms with van der Waals surface area (Å²) in [6, 6.07) is 8.49. The summed E-state index contributed by atoms with van der Waals surface area (Å²) in [4.78, 5) is 11.3. The molecule has 0 aliphatic heterocycles. The highest BCUT2D eigenvalue weighted by atomic mass is 19.4. The molecular weight excluding hydrogens is 249 g/mol. The van der Waals surface area contributed by atoms with Gasteiger partial charge in [-0.15, -0.1) is 0 Å². The quantitative estimate of drug-likeness (QED) is 0.783. The van der Waals surface area contributed by atoms with E-state index in [1.165, 1.54) is 6.92 Å². The molecule has 0 bridgehead atoms. The van der Waals surface area contributed by atoms with E-state index in [9.17, 15) is 18.0 Å². The summed E-state index contributed by atoms with van der Waals surface area (Å²) in [5.41, 5.74) is 0.614. The third-order valence-electron chi connectivity index (χ3n) is 2.31. The van der Waals surface area contributed by atoms with Crippen LogP contribution in [0.2, 0.25) is 0 Å². The van der Waals surface area contributed by atoms with Crippen LogP contribution in [0.3, 0.4) is 0 Å². The number of benzene rings is 1. The van der Waals surface area contributed by atoms with Crippen molar-refractivity contribution in [3.63, 3.8) is 0 Å². The molecule has 0 aromatic heterocycles. The van der Waals surface area contributed by atoms with Gasteiger partial charge in [0.1, 0.15) is 6.10 Å². The van der Waals surface area contributed by atoms with Gasteiger partial charge in [-0.3, -0.25) is 0 Å². The summed E-state index contributed by atoms with van der Waals surface area (Å²) in [6.45, 7) is 1.50. The minimum atomic E-state index is -4.78. The van der Waals surface area contributed by atoms with Crippen LogP contribution in [0.15, 0.2) is 30.3 Å². The third kappa shape index (κ3) is 3.73. The summed E-state index contributed by atoms with van der Waals surface area (Å²) >= 11 is 0. The van der Waals surface area contributed by atoms with E-state index in [2.05, 4.69) is 4.74 Å². The highest BCUT2D eigenvalue weighted by Gasteiger charge is 2.47. The second kappa shape index (κ2) is 5.86. The van der Waals surface area contributed by atoms with Gasteiger partial charge >= 0.3 is 12.1 Å². The number of carbonyl (C=O) groups excluding carboxylic acids is 1. The summed E-state index contributed by atoms with van der Waals surface area (Å²) < 4.78 is 46.0. The summed E-state index contributed by atoms with van der Waals surface area (Å²) in [6.07, 6.45) is -8.09. The van der Waals surface area contributed by atoms with Crippen LogP contribution in [0.4, 0.5) is 13.2 Å². The first-order valence-electron chi connectivity index (χ1n) is 5.21. The van der Waals surface area contributed by atoms with Crippen LogP contribution in [-0.2, 0) is 14.3 Å². The van der Waals surface area contributed by atoms with Crippen LogP contribution < -0.4 is 0 Å². The normalized spacial score (nSPS) is 14.9. The first kappa shape index (κ1) is 14.5. The first-order valence-corrected chi connectivity index (χ1v) is 5.21. The van der Waals surface area contributed by atoms with Gasteiger partial charge in [0, 0.05) is 7.11 Å². The molecule has 0 aliphatic carbocycles. The van der Waals surface area contributed by atoms with Crippen molar-refractivity contribution in [2.45, 2.75) is 25.3 Å². The fourth-order valence-electron chi connectivity index (χ4n) is 1.39. The van der Waals surface area contributed by atoms with Crippen molar-refractivity contribution in [1.82, 2.24) is 0 Å². The number of rotatable bonds is 4. The average molecular weight is 262 g/mol. The fraction of sp³-hybridized carbons (Fsp3) is 0.417. The minimum absolute atomic E-state index is 0.614. The Bertz CT molecular complexity index is 389. The molecule has 18 heavy (non-hydrogen) atoms. The van der Waals surface area contributed by atoms with Gasteiger partial charge < -0.3 is 9.47 Å².